The molecule has 0 aromatic rings. The molecule has 0 aromatic heterocycles. The summed E-state index contributed by atoms with van der Waals surface area (Å²) in [6.45, 7) is 4.76. The maximum atomic E-state index is 10.2. The minimum Gasteiger partial charge on any atom is -0.388 e. The zero-order valence-electron chi connectivity index (χ0n) is 9.09. The first kappa shape index (κ1) is 20.3. The molecule has 1 fully saturated rings. The van der Waals surface area contributed by atoms with Gasteiger partial charge in [0.2, 0.25) is 0 Å². The van der Waals surface area contributed by atoms with Gasteiger partial charge in [0.05, 0.1) is 0 Å². The SMILES string of the molecule is CN1C[CH-]CC1.COC.[CH2-]C(F)F.[U+2]. The van der Waals surface area contributed by atoms with Gasteiger partial charge in [-0.2, -0.15) is 6.42 Å². The van der Waals surface area contributed by atoms with Crippen LogP contribution in [0.5, 0.6) is 0 Å². The van der Waals surface area contributed by atoms with Crippen LogP contribution >= 0.6 is 0 Å². The molecular weight excluding hydrogens is 414 g/mol. The van der Waals surface area contributed by atoms with Crippen LogP contribution in [0.1, 0.15) is 6.42 Å². The zero-order chi connectivity index (χ0) is 10.7. The monoisotopic (exact) mass is 433 g/mol. The van der Waals surface area contributed by atoms with E-state index >= 15 is 0 Å². The molecular formula is C9H19F2NOU. The number of methoxy groups -OCH3 is 1. The second-order valence-corrected chi connectivity index (χ2v) is 2.64. The summed E-state index contributed by atoms with van der Waals surface area (Å²) in [7, 11) is 5.39. The Morgan fingerprint density at radius 1 is 1.43 bits per heavy atom. The van der Waals surface area contributed by atoms with Crippen LogP contribution in [-0.2, 0) is 4.74 Å². The Morgan fingerprint density at radius 2 is 1.79 bits per heavy atom. The number of halogens is 2. The second kappa shape index (κ2) is 16.3. The predicted molar refractivity (Wildman–Crippen MR) is 50.7 cm³/mol. The van der Waals surface area contributed by atoms with Crippen molar-refractivity contribution in [1.29, 1.82) is 0 Å². The molecule has 1 aliphatic rings. The van der Waals surface area contributed by atoms with Gasteiger partial charge in [0.25, 0.3) is 0 Å². The Kier molecular flexibility index (Phi) is 23.6. The third-order valence-electron chi connectivity index (χ3n) is 1.16. The van der Waals surface area contributed by atoms with E-state index in [-0.39, 0.29) is 31.1 Å². The average Bonchev–Trinajstić information content (AvgIpc) is 2.39. The van der Waals surface area contributed by atoms with Gasteiger partial charge in [-0.25, -0.2) is 8.78 Å². The van der Waals surface area contributed by atoms with E-state index in [2.05, 4.69) is 30.0 Å². The Balaban J connectivity index is -0.000000135. The van der Waals surface area contributed by atoms with E-state index in [1.54, 1.807) is 14.2 Å². The molecule has 1 aliphatic heterocycles. The minimum absolute atomic E-state index is 0. The molecule has 0 N–H and O–H groups in total. The quantitative estimate of drug-likeness (QED) is 0.542. The minimum atomic E-state index is -2.42. The van der Waals surface area contributed by atoms with E-state index in [1.165, 1.54) is 19.5 Å². The molecule has 5 heteroatoms. The topological polar surface area (TPSA) is 12.5 Å². The number of hydrogen-bond donors (Lipinski definition) is 0. The van der Waals surface area contributed by atoms with Crippen LogP contribution in [0.25, 0.3) is 0 Å². The zero-order valence-corrected chi connectivity index (χ0v) is 13.3. The third-order valence-corrected chi connectivity index (χ3v) is 1.16. The van der Waals surface area contributed by atoms with Crippen molar-refractivity contribution in [3.8, 4) is 0 Å². The van der Waals surface area contributed by atoms with E-state index in [0.717, 1.165) is 0 Å². The van der Waals surface area contributed by atoms with Gasteiger partial charge >= 0.3 is 31.1 Å². The van der Waals surface area contributed by atoms with E-state index in [9.17, 15) is 8.78 Å². The molecule has 1 heterocycles. The van der Waals surface area contributed by atoms with Crippen molar-refractivity contribution >= 4 is 0 Å². The third kappa shape index (κ3) is 29.3. The Hall–Kier alpha value is 0.832. The van der Waals surface area contributed by atoms with E-state index in [0.29, 0.717) is 0 Å². The number of hydrogen-bond acceptors (Lipinski definition) is 2. The predicted octanol–water partition coefficient (Wildman–Crippen LogP) is 1.87. The number of likely N-dealkylation sites (tertiary alicyclic amines) is 1. The summed E-state index contributed by atoms with van der Waals surface area (Å²) in [6.07, 6.45) is 1.18. The molecule has 2 nitrogen and oxygen atoms in total. The Bertz CT molecular complexity index is 88.1. The molecule has 0 spiro atoms. The first-order chi connectivity index (χ1) is 6.04. The van der Waals surface area contributed by atoms with Gasteiger partial charge in [-0.3, -0.25) is 6.92 Å². The largest absolute Gasteiger partial charge is 2.00 e. The van der Waals surface area contributed by atoms with Crippen molar-refractivity contribution in [1.82, 2.24) is 4.90 Å². The number of alkyl halides is 2. The number of rotatable bonds is 0. The van der Waals surface area contributed by atoms with Crippen molar-refractivity contribution in [2.45, 2.75) is 12.8 Å². The molecule has 0 aliphatic carbocycles. The summed E-state index contributed by atoms with van der Waals surface area (Å²) < 4.78 is 24.7. The Morgan fingerprint density at radius 3 is 1.86 bits per heavy atom. The molecule has 0 radical (unpaired) electrons. The van der Waals surface area contributed by atoms with E-state index in [1.807, 2.05) is 0 Å². The molecule has 1 saturated heterocycles. The second-order valence-electron chi connectivity index (χ2n) is 2.64. The van der Waals surface area contributed by atoms with Crippen molar-refractivity contribution in [2.24, 2.45) is 0 Å². The molecule has 0 bridgehead atoms. The average molecular weight is 433 g/mol. The van der Waals surface area contributed by atoms with Crippen LogP contribution in [0.15, 0.2) is 0 Å². The van der Waals surface area contributed by atoms with Gasteiger partial charge in [-0.15, -0.1) is 6.54 Å². The number of nitrogens with zero attached hydrogens (tertiary/aromatic N) is 1. The van der Waals surface area contributed by atoms with Crippen LogP contribution in [0.3, 0.4) is 0 Å². The summed E-state index contributed by atoms with van der Waals surface area (Å²) in [5.74, 6) is 0. The smallest absolute Gasteiger partial charge is 0.388 e. The normalized spacial score (nSPS) is 14.8. The van der Waals surface area contributed by atoms with Gasteiger partial charge in [0.15, 0.2) is 0 Å². The van der Waals surface area contributed by atoms with Gasteiger partial charge in [0.1, 0.15) is 6.43 Å². The summed E-state index contributed by atoms with van der Waals surface area (Å²) in [5, 5.41) is 0. The van der Waals surface area contributed by atoms with Crippen molar-refractivity contribution in [3.63, 3.8) is 0 Å². The van der Waals surface area contributed by atoms with Crippen molar-refractivity contribution in [2.75, 3.05) is 34.4 Å². The first-order valence-corrected chi connectivity index (χ1v) is 4.06. The summed E-state index contributed by atoms with van der Waals surface area (Å²) >= 11 is 0. The van der Waals surface area contributed by atoms with Crippen LogP contribution in [0, 0.1) is 44.5 Å². The fourth-order valence-corrected chi connectivity index (χ4v) is 0.715. The molecule has 0 unspecified atom stereocenters. The van der Waals surface area contributed by atoms with Crippen molar-refractivity contribution in [3.05, 3.63) is 13.3 Å². The summed E-state index contributed by atoms with van der Waals surface area (Å²) in [6, 6.07) is 0. The maximum absolute atomic E-state index is 10.2. The molecule has 84 valence electrons. The first-order valence-electron chi connectivity index (χ1n) is 4.06. The van der Waals surface area contributed by atoms with Gasteiger partial charge in [-0.05, 0) is 13.6 Å². The van der Waals surface area contributed by atoms with Crippen molar-refractivity contribution < 1.29 is 44.6 Å². The summed E-state index contributed by atoms with van der Waals surface area (Å²) in [4.78, 5) is 2.31. The standard InChI is InChI=1S/C5H10N.C2H3F2.C2H6O.U/c1-6-4-2-3-5-6;1-2(3)4;1-3-2;/h2H,3-5H2,1H3;2H,1H2;1-2H3;/q2*-1;;+2. The van der Waals surface area contributed by atoms with Crippen LogP contribution < -0.4 is 0 Å². The van der Waals surface area contributed by atoms with Crippen LogP contribution in [-0.4, -0.2) is 45.7 Å². The number of ether oxygens (including phenoxy) is 1. The maximum Gasteiger partial charge on any atom is 2.00 e. The van der Waals surface area contributed by atoms with E-state index in [4.69, 9.17) is 0 Å². The molecule has 1 rings (SSSR count). The van der Waals surface area contributed by atoms with Gasteiger partial charge in [0, 0.05) is 14.2 Å². The summed E-state index contributed by atoms with van der Waals surface area (Å²) in [5.41, 5.74) is 0. The molecule has 0 amide bonds. The molecule has 0 atom stereocenters. The molecule has 0 saturated carbocycles. The van der Waals surface area contributed by atoms with E-state index < -0.39 is 6.43 Å². The fraction of sp³-hybridized carbons (Fsp3) is 0.778. The van der Waals surface area contributed by atoms with Gasteiger partial charge in [-0.1, -0.05) is 0 Å². The fourth-order valence-electron chi connectivity index (χ4n) is 0.715. The Labute approximate surface area is 110 Å². The van der Waals surface area contributed by atoms with Crippen LogP contribution in [0.4, 0.5) is 8.78 Å². The molecule has 14 heavy (non-hydrogen) atoms. The molecule has 0 aromatic carbocycles. The van der Waals surface area contributed by atoms with Gasteiger partial charge < -0.3 is 16.1 Å². The van der Waals surface area contributed by atoms with Crippen LogP contribution in [0.2, 0.25) is 0 Å².